The maximum absolute atomic E-state index is 13.6. The first kappa shape index (κ1) is 24.1. The van der Waals surface area contributed by atoms with Crippen molar-refractivity contribution in [1.29, 1.82) is 0 Å². The number of benzene rings is 2. The maximum Gasteiger partial charge on any atom is 0.228 e. The van der Waals surface area contributed by atoms with Crippen LogP contribution in [0.4, 0.5) is 16.2 Å². The van der Waals surface area contributed by atoms with Crippen molar-refractivity contribution in [2.45, 2.75) is 12.0 Å². The van der Waals surface area contributed by atoms with Crippen LogP contribution >= 0.6 is 0 Å². The predicted molar refractivity (Wildman–Crippen MR) is 142 cm³/mol. The molecule has 0 amide bonds. The summed E-state index contributed by atoms with van der Waals surface area (Å²) in [6, 6.07) is 16.6. The van der Waals surface area contributed by atoms with Crippen molar-refractivity contribution in [2.24, 2.45) is 7.05 Å². The number of aryl methyl sites for hydroxylation is 1. The smallest absolute Gasteiger partial charge is 0.228 e. The normalized spacial score (nSPS) is 17.9. The van der Waals surface area contributed by atoms with Gasteiger partial charge in [-0.2, -0.15) is 5.10 Å². The lowest BCUT2D eigenvalue weighted by Crippen LogP contribution is -2.25. The second-order valence-corrected chi connectivity index (χ2v) is 9.45. The van der Waals surface area contributed by atoms with E-state index < -0.39 is 0 Å². The molecule has 0 unspecified atom stereocenters. The molecule has 2 atom stereocenters. The van der Waals surface area contributed by atoms with Crippen LogP contribution in [-0.4, -0.2) is 73.0 Å². The molecule has 1 fully saturated rings. The quantitative estimate of drug-likeness (QED) is 0.335. The van der Waals surface area contributed by atoms with E-state index in [0.717, 1.165) is 53.3 Å². The number of anilines is 2. The fourth-order valence-corrected chi connectivity index (χ4v) is 5.09. The van der Waals surface area contributed by atoms with Crippen LogP contribution in [0.5, 0.6) is 0 Å². The summed E-state index contributed by atoms with van der Waals surface area (Å²) in [6.45, 7) is 3.12. The number of likely N-dealkylation sites (tertiary alicyclic amines) is 1. The second-order valence-electron chi connectivity index (χ2n) is 9.45. The molecule has 0 spiro atoms. The van der Waals surface area contributed by atoms with Crippen molar-refractivity contribution in [3.63, 3.8) is 0 Å². The van der Waals surface area contributed by atoms with Crippen molar-refractivity contribution in [1.82, 2.24) is 39.6 Å². The van der Waals surface area contributed by atoms with E-state index in [0.29, 0.717) is 12.6 Å². The monoisotopic (exact) mass is 513 g/mol. The van der Waals surface area contributed by atoms with Gasteiger partial charge >= 0.3 is 0 Å². The van der Waals surface area contributed by atoms with E-state index in [4.69, 9.17) is 4.74 Å². The molecule has 3 aromatic heterocycles. The summed E-state index contributed by atoms with van der Waals surface area (Å²) in [6.07, 6.45) is 3.44. The molecule has 1 N–H and O–H groups in total. The Morgan fingerprint density at radius 3 is 2.71 bits per heavy atom. The maximum atomic E-state index is 13.6. The van der Waals surface area contributed by atoms with Gasteiger partial charge in [-0.3, -0.25) is 9.58 Å². The van der Waals surface area contributed by atoms with E-state index >= 15 is 0 Å². The third kappa shape index (κ3) is 4.73. The molecule has 0 saturated carbocycles. The summed E-state index contributed by atoms with van der Waals surface area (Å²) in [5.41, 5.74) is 4.52. The van der Waals surface area contributed by atoms with Crippen LogP contribution in [0, 0.1) is 5.82 Å². The number of nitrogens with one attached hydrogen (secondary N) is 1. The van der Waals surface area contributed by atoms with Gasteiger partial charge in [-0.15, -0.1) is 5.10 Å². The fourth-order valence-electron chi connectivity index (χ4n) is 5.09. The first-order valence-electron chi connectivity index (χ1n) is 12.5. The highest BCUT2D eigenvalue weighted by atomic mass is 19.1. The van der Waals surface area contributed by atoms with Gasteiger partial charge in [0.2, 0.25) is 5.95 Å². The summed E-state index contributed by atoms with van der Waals surface area (Å²) in [4.78, 5) is 11.4. The van der Waals surface area contributed by atoms with Gasteiger partial charge in [0.25, 0.3) is 0 Å². The largest absolute Gasteiger partial charge is 0.383 e. The van der Waals surface area contributed by atoms with E-state index in [1.165, 1.54) is 12.1 Å². The zero-order valence-corrected chi connectivity index (χ0v) is 21.2. The third-order valence-corrected chi connectivity index (χ3v) is 7.07. The number of halogens is 1. The molecular formula is C27H28FN9O. The molecular weight excluding hydrogens is 485 g/mol. The average molecular weight is 514 g/mol. The molecule has 38 heavy (non-hydrogen) atoms. The van der Waals surface area contributed by atoms with Crippen molar-refractivity contribution in [2.75, 3.05) is 38.7 Å². The Balaban J connectivity index is 1.30. The molecule has 0 radical (unpaired) electrons. The topological polar surface area (TPSA) is 98.8 Å². The lowest BCUT2D eigenvalue weighted by atomic mass is 9.94. The van der Waals surface area contributed by atoms with E-state index in [1.54, 1.807) is 24.2 Å². The standard InChI is InChI=1S/C27H28FN9O/c1-35-26(10-12-30-35)32-27-29-11-9-22(31-27)19-5-8-24-23(15-19)33-34-37(24)25-17-36(13-14-38-2)16-21(25)18-3-6-20(28)7-4-18/h3-12,15,21,25H,13-14,16-17H2,1-2H3,(H,29,31,32)/t21-,25+/m0/s1. The molecule has 1 saturated heterocycles. The molecule has 2 aromatic carbocycles. The van der Waals surface area contributed by atoms with Crippen LogP contribution in [0.1, 0.15) is 17.5 Å². The first-order chi connectivity index (χ1) is 18.6. The summed E-state index contributed by atoms with van der Waals surface area (Å²) in [5.74, 6) is 1.20. The highest BCUT2D eigenvalue weighted by Crippen LogP contribution is 2.37. The van der Waals surface area contributed by atoms with E-state index in [9.17, 15) is 4.39 Å². The molecule has 0 aliphatic carbocycles. The Hall–Kier alpha value is -4.22. The SMILES string of the molecule is COCCN1C[C@@H](n2nnc3cc(-c4ccnc(Nc5ccnn5C)n4)ccc32)[C@H](c2ccc(F)cc2)C1. The number of nitrogens with zero attached hydrogens (tertiary/aromatic N) is 8. The Labute approximate surface area is 219 Å². The third-order valence-electron chi connectivity index (χ3n) is 7.07. The Morgan fingerprint density at radius 2 is 1.92 bits per heavy atom. The van der Waals surface area contributed by atoms with Crippen LogP contribution in [0.25, 0.3) is 22.3 Å². The summed E-state index contributed by atoms with van der Waals surface area (Å²) in [7, 11) is 3.56. The molecule has 10 nitrogen and oxygen atoms in total. The minimum atomic E-state index is -0.235. The zero-order valence-electron chi connectivity index (χ0n) is 21.2. The molecule has 4 heterocycles. The molecule has 194 valence electrons. The van der Waals surface area contributed by atoms with Gasteiger partial charge in [0.1, 0.15) is 17.2 Å². The lowest BCUT2D eigenvalue weighted by Gasteiger charge is -2.19. The van der Waals surface area contributed by atoms with Gasteiger partial charge in [0, 0.05) is 57.5 Å². The average Bonchev–Trinajstić information content (AvgIpc) is 3.66. The van der Waals surface area contributed by atoms with E-state index in [2.05, 4.69) is 35.6 Å². The van der Waals surface area contributed by atoms with Gasteiger partial charge in [0.05, 0.1) is 30.1 Å². The van der Waals surface area contributed by atoms with E-state index in [1.807, 2.05) is 54.2 Å². The first-order valence-corrected chi connectivity index (χ1v) is 12.5. The summed E-state index contributed by atoms with van der Waals surface area (Å²) in [5, 5.41) is 16.4. The van der Waals surface area contributed by atoms with Crippen LogP contribution in [0.15, 0.2) is 67.0 Å². The molecule has 11 heteroatoms. The van der Waals surface area contributed by atoms with Gasteiger partial charge in [-0.05, 0) is 35.9 Å². The van der Waals surface area contributed by atoms with Gasteiger partial charge in [-0.25, -0.2) is 19.0 Å². The number of ether oxygens (including phenoxy) is 1. The van der Waals surface area contributed by atoms with Gasteiger partial charge in [0.15, 0.2) is 0 Å². The number of rotatable bonds is 8. The molecule has 1 aliphatic rings. The van der Waals surface area contributed by atoms with Crippen LogP contribution in [0.3, 0.4) is 0 Å². The van der Waals surface area contributed by atoms with Crippen LogP contribution < -0.4 is 5.32 Å². The number of hydrogen-bond acceptors (Lipinski definition) is 8. The molecule has 6 rings (SSSR count). The minimum absolute atomic E-state index is 0.0573. The van der Waals surface area contributed by atoms with Crippen molar-refractivity contribution in [3.8, 4) is 11.3 Å². The molecule has 1 aliphatic heterocycles. The molecule has 5 aromatic rings. The zero-order chi connectivity index (χ0) is 26.1. The number of hydrogen-bond donors (Lipinski definition) is 1. The highest BCUT2D eigenvalue weighted by Gasteiger charge is 2.36. The van der Waals surface area contributed by atoms with Crippen LogP contribution in [0.2, 0.25) is 0 Å². The highest BCUT2D eigenvalue weighted by molar-refractivity contribution is 5.81. The summed E-state index contributed by atoms with van der Waals surface area (Å²) < 4.78 is 22.7. The van der Waals surface area contributed by atoms with Crippen molar-refractivity contribution < 1.29 is 9.13 Å². The number of methoxy groups -OCH3 is 1. The lowest BCUT2D eigenvalue weighted by molar-refractivity contribution is 0.158. The fraction of sp³-hybridized carbons (Fsp3) is 0.296. The minimum Gasteiger partial charge on any atom is -0.383 e. The Morgan fingerprint density at radius 1 is 1.05 bits per heavy atom. The van der Waals surface area contributed by atoms with Gasteiger partial charge in [-0.1, -0.05) is 23.4 Å². The number of aromatic nitrogens is 7. The second kappa shape index (κ2) is 10.3. The van der Waals surface area contributed by atoms with Gasteiger partial charge < -0.3 is 10.1 Å². The van der Waals surface area contributed by atoms with Crippen molar-refractivity contribution in [3.05, 3.63) is 78.4 Å². The Bertz CT molecular complexity index is 1550. The van der Waals surface area contributed by atoms with E-state index in [-0.39, 0.29) is 17.8 Å². The summed E-state index contributed by atoms with van der Waals surface area (Å²) >= 11 is 0. The Kier molecular flexibility index (Phi) is 6.52. The van der Waals surface area contributed by atoms with Crippen LogP contribution in [-0.2, 0) is 11.8 Å². The predicted octanol–water partition coefficient (Wildman–Crippen LogP) is 3.79. The molecule has 0 bridgehead atoms. The van der Waals surface area contributed by atoms with Crippen molar-refractivity contribution >= 4 is 22.8 Å². The number of fused-ring (bicyclic) bond motifs is 1.